The van der Waals surface area contributed by atoms with Crippen LogP contribution in [0.3, 0.4) is 0 Å². The van der Waals surface area contributed by atoms with Crippen molar-refractivity contribution in [1.82, 2.24) is 5.32 Å². The Hall–Kier alpha value is -3.52. The fourth-order valence-corrected chi connectivity index (χ4v) is 3.32. The van der Waals surface area contributed by atoms with Gasteiger partial charge in [0.25, 0.3) is 11.8 Å². The molecule has 0 atom stereocenters. The first-order chi connectivity index (χ1) is 15.3. The molecule has 1 heterocycles. The van der Waals surface area contributed by atoms with Crippen molar-refractivity contribution in [2.75, 3.05) is 11.5 Å². The standard InChI is InChI=1S/C24H24N2O5S/c1-4-16-5-9-18(10-6-16)26-23(29)20(22(28)25-24(26)32)13-17-7-11-19(12-8-17)30-14-21(27)31-15(2)3/h5-13,15H,4,14H2,1-3H3,(H,25,28,32)/b20-13+. The summed E-state index contributed by atoms with van der Waals surface area (Å²) in [5.74, 6) is -1.05. The van der Waals surface area contributed by atoms with Gasteiger partial charge in [-0.2, -0.15) is 0 Å². The quantitative estimate of drug-likeness (QED) is 0.300. The van der Waals surface area contributed by atoms with E-state index in [9.17, 15) is 14.4 Å². The smallest absolute Gasteiger partial charge is 0.344 e. The summed E-state index contributed by atoms with van der Waals surface area (Å²) in [6.45, 7) is 5.36. The van der Waals surface area contributed by atoms with Gasteiger partial charge in [-0.3, -0.25) is 19.8 Å². The number of aryl methyl sites for hydroxylation is 1. The molecule has 0 bridgehead atoms. The summed E-state index contributed by atoms with van der Waals surface area (Å²) < 4.78 is 10.4. The minimum atomic E-state index is -0.557. The van der Waals surface area contributed by atoms with Gasteiger partial charge in [0.15, 0.2) is 11.7 Å². The SMILES string of the molecule is CCc1ccc(N2C(=O)/C(=C/c3ccc(OCC(=O)OC(C)C)cc3)C(=O)NC2=S)cc1. The zero-order valence-electron chi connectivity index (χ0n) is 18.1. The third kappa shape index (κ3) is 5.59. The predicted octanol–water partition coefficient (Wildman–Crippen LogP) is 3.41. The van der Waals surface area contributed by atoms with E-state index in [1.165, 1.54) is 11.0 Å². The summed E-state index contributed by atoms with van der Waals surface area (Å²) in [7, 11) is 0. The molecule has 1 N–H and O–H groups in total. The molecule has 1 aliphatic heterocycles. The van der Waals surface area contributed by atoms with Crippen LogP contribution >= 0.6 is 12.2 Å². The van der Waals surface area contributed by atoms with Crippen LogP contribution < -0.4 is 15.0 Å². The van der Waals surface area contributed by atoms with E-state index >= 15 is 0 Å². The minimum Gasteiger partial charge on any atom is -0.482 e. The minimum absolute atomic E-state index is 0.0349. The molecule has 0 aliphatic carbocycles. The molecule has 2 aromatic carbocycles. The van der Waals surface area contributed by atoms with E-state index in [1.807, 2.05) is 19.1 Å². The summed E-state index contributed by atoms with van der Waals surface area (Å²) in [4.78, 5) is 38.4. The lowest BCUT2D eigenvalue weighted by atomic mass is 10.1. The molecule has 0 unspecified atom stereocenters. The second-order valence-electron chi connectivity index (χ2n) is 7.37. The lowest BCUT2D eigenvalue weighted by molar-refractivity contribution is -0.149. The van der Waals surface area contributed by atoms with Gasteiger partial charge in [-0.05, 0) is 74.0 Å². The molecule has 0 spiro atoms. The normalized spacial score (nSPS) is 15.2. The summed E-state index contributed by atoms with van der Waals surface area (Å²) in [6, 6.07) is 14.1. The number of hydrogen-bond donors (Lipinski definition) is 1. The number of amides is 2. The zero-order valence-corrected chi connectivity index (χ0v) is 18.9. The number of anilines is 1. The highest BCUT2D eigenvalue weighted by Crippen LogP contribution is 2.23. The number of hydrogen-bond acceptors (Lipinski definition) is 6. The summed E-state index contributed by atoms with van der Waals surface area (Å²) in [6.07, 6.45) is 2.15. The zero-order chi connectivity index (χ0) is 23.3. The lowest BCUT2D eigenvalue weighted by Gasteiger charge is -2.29. The van der Waals surface area contributed by atoms with E-state index in [0.29, 0.717) is 17.0 Å². The van der Waals surface area contributed by atoms with Crippen LogP contribution in [0.4, 0.5) is 5.69 Å². The van der Waals surface area contributed by atoms with E-state index in [2.05, 4.69) is 5.32 Å². The van der Waals surface area contributed by atoms with Crippen LogP contribution in [0.2, 0.25) is 0 Å². The Labute approximate surface area is 192 Å². The third-order valence-electron chi connectivity index (χ3n) is 4.62. The maximum atomic E-state index is 13.1. The first-order valence-corrected chi connectivity index (χ1v) is 10.6. The molecule has 2 amide bonds. The van der Waals surface area contributed by atoms with Crippen LogP contribution in [0, 0.1) is 0 Å². The molecule has 0 radical (unpaired) electrons. The molecule has 8 heteroatoms. The Morgan fingerprint density at radius 2 is 1.75 bits per heavy atom. The van der Waals surface area contributed by atoms with E-state index in [0.717, 1.165) is 12.0 Å². The van der Waals surface area contributed by atoms with E-state index in [-0.39, 0.29) is 23.4 Å². The molecule has 166 valence electrons. The van der Waals surface area contributed by atoms with Gasteiger partial charge in [0.05, 0.1) is 11.8 Å². The van der Waals surface area contributed by atoms with Crippen molar-refractivity contribution in [3.05, 3.63) is 65.2 Å². The fraction of sp³-hybridized carbons (Fsp3) is 0.250. The van der Waals surface area contributed by atoms with Gasteiger partial charge in [-0.25, -0.2) is 4.79 Å². The topological polar surface area (TPSA) is 84.9 Å². The molecule has 32 heavy (non-hydrogen) atoms. The van der Waals surface area contributed by atoms with Crippen molar-refractivity contribution in [3.63, 3.8) is 0 Å². The van der Waals surface area contributed by atoms with Crippen LogP contribution in [-0.4, -0.2) is 35.6 Å². The molecule has 3 rings (SSSR count). The monoisotopic (exact) mass is 452 g/mol. The number of benzene rings is 2. The predicted molar refractivity (Wildman–Crippen MR) is 125 cm³/mol. The second kappa shape index (κ2) is 10.2. The summed E-state index contributed by atoms with van der Waals surface area (Å²) in [5.41, 5.74) is 2.30. The fourth-order valence-electron chi connectivity index (χ4n) is 3.04. The van der Waals surface area contributed by atoms with Gasteiger partial charge < -0.3 is 9.47 Å². The number of nitrogens with one attached hydrogen (secondary N) is 1. The van der Waals surface area contributed by atoms with Crippen LogP contribution in [0.1, 0.15) is 31.9 Å². The van der Waals surface area contributed by atoms with Crippen LogP contribution in [0.15, 0.2) is 54.1 Å². The van der Waals surface area contributed by atoms with Crippen molar-refractivity contribution in [1.29, 1.82) is 0 Å². The highest BCUT2D eigenvalue weighted by molar-refractivity contribution is 7.80. The first kappa shape index (κ1) is 23.1. The Balaban J connectivity index is 1.76. The first-order valence-electron chi connectivity index (χ1n) is 10.2. The number of ether oxygens (including phenoxy) is 2. The maximum Gasteiger partial charge on any atom is 0.344 e. The Kier molecular flexibility index (Phi) is 7.37. The lowest BCUT2D eigenvalue weighted by Crippen LogP contribution is -2.54. The highest BCUT2D eigenvalue weighted by atomic mass is 32.1. The molecular weight excluding hydrogens is 428 g/mol. The average molecular weight is 453 g/mol. The molecule has 0 aromatic heterocycles. The van der Waals surface area contributed by atoms with Gasteiger partial charge in [0.2, 0.25) is 0 Å². The third-order valence-corrected chi connectivity index (χ3v) is 4.90. The Bertz CT molecular complexity index is 1060. The molecule has 7 nitrogen and oxygen atoms in total. The number of thiocarbonyl (C=S) groups is 1. The Morgan fingerprint density at radius 1 is 1.09 bits per heavy atom. The van der Waals surface area contributed by atoms with Crippen molar-refractivity contribution >= 4 is 46.9 Å². The molecule has 2 aromatic rings. The molecule has 0 saturated carbocycles. The van der Waals surface area contributed by atoms with E-state index in [4.69, 9.17) is 21.7 Å². The largest absolute Gasteiger partial charge is 0.482 e. The van der Waals surface area contributed by atoms with Gasteiger partial charge >= 0.3 is 5.97 Å². The van der Waals surface area contributed by atoms with Crippen molar-refractivity contribution < 1.29 is 23.9 Å². The molecule has 1 saturated heterocycles. The highest BCUT2D eigenvalue weighted by Gasteiger charge is 2.34. The van der Waals surface area contributed by atoms with Gasteiger partial charge in [0.1, 0.15) is 11.3 Å². The van der Waals surface area contributed by atoms with Crippen LogP contribution in [0.25, 0.3) is 6.08 Å². The molecule has 1 fully saturated rings. The van der Waals surface area contributed by atoms with E-state index < -0.39 is 17.8 Å². The van der Waals surface area contributed by atoms with E-state index in [1.54, 1.807) is 50.2 Å². The van der Waals surface area contributed by atoms with Crippen LogP contribution in [0.5, 0.6) is 5.75 Å². The van der Waals surface area contributed by atoms with Crippen molar-refractivity contribution in [3.8, 4) is 5.75 Å². The molecular formula is C24H24N2O5S. The summed E-state index contributed by atoms with van der Waals surface area (Å²) >= 11 is 5.23. The number of esters is 1. The molecule has 1 aliphatic rings. The number of rotatable bonds is 7. The van der Waals surface area contributed by atoms with Crippen molar-refractivity contribution in [2.45, 2.75) is 33.3 Å². The second-order valence-corrected chi connectivity index (χ2v) is 7.76. The van der Waals surface area contributed by atoms with Crippen LogP contribution in [-0.2, 0) is 25.5 Å². The maximum absolute atomic E-state index is 13.1. The van der Waals surface area contributed by atoms with Gasteiger partial charge in [-0.1, -0.05) is 31.2 Å². The number of carbonyl (C=O) groups is 3. The van der Waals surface area contributed by atoms with Gasteiger partial charge in [0, 0.05) is 0 Å². The average Bonchev–Trinajstić information content (AvgIpc) is 2.76. The number of carbonyl (C=O) groups excluding carboxylic acids is 3. The Morgan fingerprint density at radius 3 is 2.34 bits per heavy atom. The van der Waals surface area contributed by atoms with Crippen molar-refractivity contribution in [2.24, 2.45) is 0 Å². The van der Waals surface area contributed by atoms with Gasteiger partial charge in [-0.15, -0.1) is 0 Å². The summed E-state index contributed by atoms with van der Waals surface area (Å²) in [5, 5.41) is 2.61. The number of nitrogens with zero attached hydrogens (tertiary/aromatic N) is 1.